The monoisotopic (exact) mass is 1330 g/mol. The predicted octanol–water partition coefficient (Wildman–Crippen LogP) is 23.1. The van der Waals surface area contributed by atoms with Crippen molar-refractivity contribution in [2.75, 3.05) is 0 Å². The minimum absolute atomic E-state index is 0.644. The average Bonchev–Trinajstić information content (AvgIpc) is 1.33. The van der Waals surface area contributed by atoms with E-state index in [1.165, 1.54) is 0 Å². The number of fused-ring (bicyclic) bond motifs is 4. The minimum atomic E-state index is 0.644. The highest BCUT2D eigenvalue weighted by Gasteiger charge is 2.21. The number of nitrogens with zero attached hydrogens (tertiary/aromatic N) is 10. The molecule has 19 aromatic rings. The molecule has 104 heavy (non-hydrogen) atoms. The number of hydrogen-bond donors (Lipinski definition) is 0. The van der Waals surface area contributed by atoms with E-state index in [9.17, 15) is 0 Å². The third-order valence-corrected chi connectivity index (χ3v) is 19.0. The van der Waals surface area contributed by atoms with Gasteiger partial charge in [0, 0.05) is 55.9 Å². The van der Waals surface area contributed by atoms with Gasteiger partial charge < -0.3 is 0 Å². The van der Waals surface area contributed by atoms with E-state index >= 15 is 0 Å². The van der Waals surface area contributed by atoms with Gasteiger partial charge in [0.05, 0.1) is 22.1 Å². The van der Waals surface area contributed by atoms with Gasteiger partial charge in [-0.05, 0) is 116 Å². The molecule has 10 nitrogen and oxygen atoms in total. The summed E-state index contributed by atoms with van der Waals surface area (Å²) in [5.41, 5.74) is 21.0. The normalized spacial score (nSPS) is 11.3. The van der Waals surface area contributed by atoms with Crippen molar-refractivity contribution in [2.45, 2.75) is 0 Å². The maximum atomic E-state index is 5.06. The SMILES string of the molecule is c1ccc(-c2nc(-c3ccccc3)nc(-c3ccc(-c4ccc(-c5ccc(-c6nc7ccccc7n6-c6ccccc6)cc5)cc4)c4ccccc34)n2)cc1.c1ccc(-c2nc(-c3ccccc3)nc(-c3ccc(-c4ccc(-c5nc6ccccc6n5-c5ccccc5)cc4)c4ccccc34)n2)cc1. The second-order valence-electron chi connectivity index (χ2n) is 25.4. The topological polar surface area (TPSA) is 113 Å². The van der Waals surface area contributed by atoms with Crippen LogP contribution in [0.15, 0.2) is 376 Å². The lowest BCUT2D eigenvalue weighted by Crippen LogP contribution is -2.00. The second-order valence-corrected chi connectivity index (χ2v) is 25.4. The third-order valence-electron chi connectivity index (χ3n) is 19.0. The number of imidazole rings is 2. The molecule has 15 aromatic carbocycles. The summed E-state index contributed by atoms with van der Waals surface area (Å²) in [6.07, 6.45) is 0. The Hall–Kier alpha value is -14.2. The lowest BCUT2D eigenvalue weighted by Gasteiger charge is -2.14. The molecule has 0 N–H and O–H groups in total. The van der Waals surface area contributed by atoms with Crippen LogP contribution >= 0.6 is 0 Å². The van der Waals surface area contributed by atoms with Gasteiger partial charge in [-0.1, -0.05) is 315 Å². The summed E-state index contributed by atoms with van der Waals surface area (Å²) in [7, 11) is 0. The van der Waals surface area contributed by atoms with Crippen LogP contribution < -0.4 is 0 Å². The fourth-order valence-electron chi connectivity index (χ4n) is 13.9. The van der Waals surface area contributed by atoms with Gasteiger partial charge in [-0.25, -0.2) is 39.9 Å². The Kier molecular flexibility index (Phi) is 16.4. The molecule has 0 bridgehead atoms. The van der Waals surface area contributed by atoms with Gasteiger partial charge in [0.15, 0.2) is 34.9 Å². The first-order valence-corrected chi connectivity index (χ1v) is 34.7. The zero-order valence-electron chi connectivity index (χ0n) is 56.3. The number of benzene rings is 15. The number of rotatable bonds is 13. The fraction of sp³-hybridized carbons (Fsp3) is 0. The van der Waals surface area contributed by atoms with Crippen molar-refractivity contribution in [1.29, 1.82) is 0 Å². The highest BCUT2D eigenvalue weighted by atomic mass is 15.1. The Morgan fingerprint density at radius 3 is 0.721 bits per heavy atom. The van der Waals surface area contributed by atoms with Crippen LogP contribution in [0.3, 0.4) is 0 Å². The van der Waals surface area contributed by atoms with E-state index in [1.54, 1.807) is 0 Å². The molecule has 0 saturated heterocycles. The van der Waals surface area contributed by atoms with Gasteiger partial charge in [0.1, 0.15) is 11.6 Å². The predicted molar refractivity (Wildman–Crippen MR) is 424 cm³/mol. The molecule has 0 spiro atoms. The van der Waals surface area contributed by atoms with Crippen molar-refractivity contribution in [3.63, 3.8) is 0 Å². The Morgan fingerprint density at radius 2 is 0.394 bits per heavy atom. The molecular formula is C94H62N10. The molecule has 10 heteroatoms. The highest BCUT2D eigenvalue weighted by molar-refractivity contribution is 6.06. The van der Waals surface area contributed by atoms with Crippen LogP contribution in [0.25, 0.3) is 179 Å². The van der Waals surface area contributed by atoms with Gasteiger partial charge in [-0.3, -0.25) is 9.13 Å². The van der Waals surface area contributed by atoms with Crippen LogP contribution in [0, 0.1) is 0 Å². The van der Waals surface area contributed by atoms with Crippen molar-refractivity contribution >= 4 is 43.6 Å². The van der Waals surface area contributed by atoms with Gasteiger partial charge in [0.25, 0.3) is 0 Å². The van der Waals surface area contributed by atoms with Crippen molar-refractivity contribution < 1.29 is 0 Å². The number of para-hydroxylation sites is 6. The maximum absolute atomic E-state index is 5.06. The van der Waals surface area contributed by atoms with Crippen molar-refractivity contribution in [3.05, 3.63) is 376 Å². The minimum Gasteiger partial charge on any atom is -0.292 e. The van der Waals surface area contributed by atoms with E-state index in [0.717, 1.165) is 145 Å². The van der Waals surface area contributed by atoms with E-state index < -0.39 is 0 Å². The van der Waals surface area contributed by atoms with Gasteiger partial charge >= 0.3 is 0 Å². The zero-order chi connectivity index (χ0) is 69.1. The Balaban J connectivity index is 0.000000149. The van der Waals surface area contributed by atoms with Crippen molar-refractivity contribution in [2.24, 2.45) is 0 Å². The first-order chi connectivity index (χ1) is 51.6. The van der Waals surface area contributed by atoms with Crippen LogP contribution in [0.2, 0.25) is 0 Å². The Morgan fingerprint density at radius 1 is 0.154 bits per heavy atom. The van der Waals surface area contributed by atoms with Gasteiger partial charge in [-0.15, -0.1) is 0 Å². The van der Waals surface area contributed by atoms with Crippen molar-refractivity contribution in [3.8, 4) is 136 Å². The molecule has 0 aliphatic heterocycles. The van der Waals surface area contributed by atoms with Gasteiger partial charge in [0.2, 0.25) is 0 Å². The van der Waals surface area contributed by atoms with E-state index in [4.69, 9.17) is 39.9 Å². The molecule has 0 aliphatic rings. The van der Waals surface area contributed by atoms with Crippen LogP contribution in [0.1, 0.15) is 0 Å². The lowest BCUT2D eigenvalue weighted by atomic mass is 9.93. The molecular weight excluding hydrogens is 1270 g/mol. The maximum Gasteiger partial charge on any atom is 0.164 e. The first-order valence-electron chi connectivity index (χ1n) is 34.7. The molecule has 488 valence electrons. The Bertz CT molecular complexity index is 6170. The van der Waals surface area contributed by atoms with Crippen LogP contribution in [-0.2, 0) is 0 Å². The molecule has 0 atom stereocenters. The molecule has 0 fully saturated rings. The largest absolute Gasteiger partial charge is 0.292 e. The standard InChI is InChI=1S/C50H33N5.C44H29N5/c1-4-14-37(15-5-1)47-52-48(38-16-6-2-7-17-38)54-49(53-47)44-33-32-41(42-20-10-11-21-43(42)44)36-28-24-34(25-29-36)35-26-30-39(31-27-35)50-51-45-22-12-13-23-46(45)55(50)40-18-8-3-9-19-40;1-4-14-31(15-5-1)41-46-42(32-16-6-2-7-17-32)48-43(47-41)38-29-28-35(36-20-10-11-21-37(36)38)30-24-26-33(27-25-30)44-45-39-22-12-13-23-40(39)49(44)34-18-8-3-9-19-34/h1-33H;1-29H. The average molecular weight is 1330 g/mol. The van der Waals surface area contributed by atoms with Crippen LogP contribution in [-0.4, -0.2) is 49.0 Å². The summed E-state index contributed by atoms with van der Waals surface area (Å²) < 4.78 is 4.47. The second kappa shape index (κ2) is 27.5. The molecule has 0 saturated carbocycles. The van der Waals surface area contributed by atoms with Crippen LogP contribution in [0.5, 0.6) is 0 Å². The summed E-state index contributed by atoms with van der Waals surface area (Å²) >= 11 is 0. The lowest BCUT2D eigenvalue weighted by molar-refractivity contribution is 1.08. The summed E-state index contributed by atoms with van der Waals surface area (Å²) in [6, 6.07) is 130. The van der Waals surface area contributed by atoms with Crippen LogP contribution in [0.4, 0.5) is 0 Å². The summed E-state index contributed by atoms with van der Waals surface area (Å²) in [5.74, 6) is 5.72. The summed E-state index contributed by atoms with van der Waals surface area (Å²) in [5, 5.41) is 4.44. The first kappa shape index (κ1) is 62.1. The summed E-state index contributed by atoms with van der Waals surface area (Å²) in [6.45, 7) is 0. The molecule has 0 amide bonds. The summed E-state index contributed by atoms with van der Waals surface area (Å²) in [4.78, 5) is 40.0. The number of hydrogen-bond acceptors (Lipinski definition) is 8. The zero-order valence-corrected chi connectivity index (χ0v) is 56.3. The van der Waals surface area contributed by atoms with E-state index in [0.29, 0.717) is 34.9 Å². The highest BCUT2D eigenvalue weighted by Crippen LogP contribution is 2.41. The molecule has 4 heterocycles. The molecule has 0 unspecified atom stereocenters. The molecule has 0 aliphatic carbocycles. The van der Waals surface area contributed by atoms with E-state index in [2.05, 4.69) is 240 Å². The fourth-order valence-corrected chi connectivity index (χ4v) is 13.9. The van der Waals surface area contributed by atoms with E-state index in [1.807, 2.05) is 146 Å². The van der Waals surface area contributed by atoms with E-state index in [-0.39, 0.29) is 0 Å². The number of aromatic nitrogens is 10. The third kappa shape index (κ3) is 12.1. The van der Waals surface area contributed by atoms with Crippen molar-refractivity contribution in [1.82, 2.24) is 49.0 Å². The molecule has 19 rings (SSSR count). The molecule has 4 aromatic heterocycles. The smallest absolute Gasteiger partial charge is 0.164 e. The van der Waals surface area contributed by atoms with Gasteiger partial charge in [-0.2, -0.15) is 0 Å². The quantitative estimate of drug-likeness (QED) is 0.112. The molecule has 0 radical (unpaired) electrons. The Labute approximate surface area is 601 Å².